The summed E-state index contributed by atoms with van der Waals surface area (Å²) >= 11 is 0. The highest BCUT2D eigenvalue weighted by atomic mass is 16.3. The van der Waals surface area contributed by atoms with Crippen molar-refractivity contribution < 1.29 is 19.5 Å². The first-order chi connectivity index (χ1) is 15.9. The number of anilines is 1. The van der Waals surface area contributed by atoms with Crippen LogP contribution in [0.4, 0.5) is 5.69 Å². The average molecular weight is 448 g/mol. The lowest BCUT2D eigenvalue weighted by Crippen LogP contribution is -2.53. The number of nitrogens with zero attached hydrogens (tertiary/aromatic N) is 1. The molecule has 3 heterocycles. The monoisotopic (exact) mass is 447 g/mol. The minimum Gasteiger partial charge on any atom is -0.508 e. The van der Waals surface area contributed by atoms with E-state index in [1.54, 1.807) is 12.1 Å². The summed E-state index contributed by atoms with van der Waals surface area (Å²) in [5.74, 6) is -1.95. The first-order valence-corrected chi connectivity index (χ1v) is 11.8. The number of phenols is 1. The van der Waals surface area contributed by atoms with E-state index in [1.165, 1.54) is 4.90 Å². The lowest BCUT2D eigenvalue weighted by Gasteiger charge is -2.29. The van der Waals surface area contributed by atoms with Gasteiger partial charge in [0.25, 0.3) is 0 Å². The van der Waals surface area contributed by atoms with Gasteiger partial charge in [0.1, 0.15) is 11.3 Å². The third kappa shape index (κ3) is 3.09. The van der Waals surface area contributed by atoms with Crippen molar-refractivity contribution in [1.29, 1.82) is 0 Å². The molecular formula is C26H29N3O4. The average Bonchev–Trinajstić information content (AvgIpc) is 3.38. The van der Waals surface area contributed by atoms with Gasteiger partial charge in [0.15, 0.2) is 0 Å². The van der Waals surface area contributed by atoms with Crippen molar-refractivity contribution in [2.45, 2.75) is 51.1 Å². The molecule has 3 aliphatic heterocycles. The second-order valence-electron chi connectivity index (χ2n) is 9.26. The maximum atomic E-state index is 13.7. The van der Waals surface area contributed by atoms with Gasteiger partial charge in [0, 0.05) is 23.8 Å². The lowest BCUT2D eigenvalue weighted by atomic mass is 9.76. The summed E-state index contributed by atoms with van der Waals surface area (Å²) < 4.78 is 0. The summed E-state index contributed by atoms with van der Waals surface area (Å²) in [6.07, 6.45) is 2.83. The van der Waals surface area contributed by atoms with Gasteiger partial charge in [-0.05, 0) is 42.5 Å². The number of fused-ring (bicyclic) bond motifs is 4. The van der Waals surface area contributed by atoms with Gasteiger partial charge in [0.05, 0.1) is 11.8 Å². The molecule has 4 unspecified atom stereocenters. The van der Waals surface area contributed by atoms with Crippen LogP contribution in [-0.2, 0) is 32.8 Å². The van der Waals surface area contributed by atoms with E-state index in [0.717, 1.165) is 41.6 Å². The highest BCUT2D eigenvalue weighted by molar-refractivity contribution is 6.15. The fraction of sp³-hybridized carbons (Fsp3) is 0.423. The SMILES string of the molecule is CCCCN1C(=O)C2C(Cc3ccc(O)cc3)NC3(C(=O)Nc4c(CC)cccc43)C2C1=O. The maximum absolute atomic E-state index is 13.7. The quantitative estimate of drug-likeness (QED) is 0.592. The number of nitrogens with one attached hydrogen (secondary N) is 2. The minimum absolute atomic E-state index is 0.168. The Balaban J connectivity index is 1.61. The number of amides is 3. The number of hydrogen-bond acceptors (Lipinski definition) is 5. The zero-order valence-corrected chi connectivity index (χ0v) is 18.9. The lowest BCUT2D eigenvalue weighted by molar-refractivity contribution is -0.142. The van der Waals surface area contributed by atoms with Crippen LogP contribution in [0, 0.1) is 11.8 Å². The predicted octanol–water partition coefficient (Wildman–Crippen LogP) is 2.72. The molecule has 0 radical (unpaired) electrons. The largest absolute Gasteiger partial charge is 0.508 e. The van der Waals surface area contributed by atoms with Gasteiger partial charge in [0.2, 0.25) is 17.7 Å². The summed E-state index contributed by atoms with van der Waals surface area (Å²) in [5, 5.41) is 16.2. The van der Waals surface area contributed by atoms with Crippen molar-refractivity contribution in [3.05, 3.63) is 59.2 Å². The normalized spacial score (nSPS) is 27.9. The summed E-state index contributed by atoms with van der Waals surface area (Å²) in [6, 6.07) is 12.2. The molecule has 2 aromatic carbocycles. The fourth-order valence-electron chi connectivity index (χ4n) is 5.84. The molecule has 2 fully saturated rings. The minimum atomic E-state index is -1.26. The molecular weight excluding hydrogens is 418 g/mol. The zero-order valence-electron chi connectivity index (χ0n) is 18.9. The number of benzene rings is 2. The third-order valence-electron chi connectivity index (χ3n) is 7.44. The van der Waals surface area contributed by atoms with E-state index in [1.807, 2.05) is 44.2 Å². The molecule has 0 aliphatic carbocycles. The molecule has 3 N–H and O–H groups in total. The molecule has 7 heteroatoms. The Morgan fingerprint density at radius 1 is 1.03 bits per heavy atom. The predicted molar refractivity (Wildman–Crippen MR) is 123 cm³/mol. The molecule has 0 saturated carbocycles. The van der Waals surface area contributed by atoms with Gasteiger partial charge in [-0.1, -0.05) is 50.6 Å². The molecule has 2 aromatic rings. The number of rotatable bonds is 6. The van der Waals surface area contributed by atoms with Gasteiger partial charge >= 0.3 is 0 Å². The van der Waals surface area contributed by atoms with E-state index in [0.29, 0.717) is 13.0 Å². The highest BCUT2D eigenvalue weighted by Gasteiger charge is 2.70. The first kappa shape index (κ1) is 21.6. The molecule has 7 nitrogen and oxygen atoms in total. The number of aryl methyl sites for hydroxylation is 1. The summed E-state index contributed by atoms with van der Waals surface area (Å²) in [7, 11) is 0. The Morgan fingerprint density at radius 3 is 2.48 bits per heavy atom. The van der Waals surface area contributed by atoms with Crippen LogP contribution in [0.2, 0.25) is 0 Å². The number of aromatic hydroxyl groups is 1. The van der Waals surface area contributed by atoms with Gasteiger partial charge in [-0.3, -0.25) is 24.6 Å². The van der Waals surface area contributed by atoms with Crippen LogP contribution in [0.25, 0.3) is 0 Å². The van der Waals surface area contributed by atoms with Crippen LogP contribution in [0.15, 0.2) is 42.5 Å². The number of para-hydroxylation sites is 1. The number of unbranched alkanes of at least 4 members (excludes halogenated alkanes) is 1. The van der Waals surface area contributed by atoms with E-state index in [4.69, 9.17) is 0 Å². The Morgan fingerprint density at radius 2 is 1.79 bits per heavy atom. The topological polar surface area (TPSA) is 98.7 Å². The van der Waals surface area contributed by atoms with Crippen molar-refractivity contribution in [1.82, 2.24) is 10.2 Å². The maximum Gasteiger partial charge on any atom is 0.250 e. The van der Waals surface area contributed by atoms with E-state index >= 15 is 0 Å². The number of imide groups is 1. The number of carbonyl (C=O) groups is 3. The summed E-state index contributed by atoms with van der Waals surface area (Å²) in [4.78, 5) is 42.2. The molecule has 0 bridgehead atoms. The number of phenolic OH excluding ortho intramolecular Hbond substituents is 1. The van der Waals surface area contributed by atoms with Crippen LogP contribution >= 0.6 is 0 Å². The van der Waals surface area contributed by atoms with E-state index in [-0.39, 0.29) is 29.5 Å². The van der Waals surface area contributed by atoms with E-state index in [2.05, 4.69) is 10.6 Å². The smallest absolute Gasteiger partial charge is 0.250 e. The van der Waals surface area contributed by atoms with Gasteiger partial charge in [-0.15, -0.1) is 0 Å². The van der Waals surface area contributed by atoms with Crippen LogP contribution in [0.1, 0.15) is 43.4 Å². The molecule has 2 saturated heterocycles. The van der Waals surface area contributed by atoms with Gasteiger partial charge in [-0.2, -0.15) is 0 Å². The standard InChI is InChI=1S/C26H29N3O4/c1-3-5-13-29-23(31)20-19(14-15-9-11-17(30)12-10-15)28-26(21(20)24(29)32)18-8-6-7-16(4-2)22(18)27-25(26)33/h6-12,19-21,28,30H,3-5,13-14H2,1-2H3,(H,27,33). The molecule has 1 spiro atoms. The Bertz CT molecular complexity index is 1130. The Hall–Kier alpha value is -3.19. The van der Waals surface area contributed by atoms with E-state index < -0.39 is 17.4 Å². The second-order valence-corrected chi connectivity index (χ2v) is 9.26. The zero-order chi connectivity index (χ0) is 23.3. The Kier molecular flexibility index (Phi) is 5.24. The van der Waals surface area contributed by atoms with Crippen molar-refractivity contribution in [3.63, 3.8) is 0 Å². The summed E-state index contributed by atoms with van der Waals surface area (Å²) in [6.45, 7) is 4.43. The molecule has 33 heavy (non-hydrogen) atoms. The van der Waals surface area contributed by atoms with Gasteiger partial charge < -0.3 is 10.4 Å². The first-order valence-electron chi connectivity index (χ1n) is 11.8. The van der Waals surface area contributed by atoms with Gasteiger partial charge in [-0.25, -0.2) is 0 Å². The molecule has 5 rings (SSSR count). The second kappa shape index (κ2) is 7.99. The van der Waals surface area contributed by atoms with Crippen molar-refractivity contribution in [2.75, 3.05) is 11.9 Å². The Labute approximate surface area is 193 Å². The molecule has 0 aromatic heterocycles. The van der Waals surface area contributed by atoms with Crippen molar-refractivity contribution in [3.8, 4) is 5.75 Å². The van der Waals surface area contributed by atoms with Crippen LogP contribution in [-0.4, -0.2) is 40.3 Å². The van der Waals surface area contributed by atoms with Crippen LogP contribution in [0.3, 0.4) is 0 Å². The summed E-state index contributed by atoms with van der Waals surface area (Å²) in [5.41, 5.74) is 2.19. The van der Waals surface area contributed by atoms with Crippen molar-refractivity contribution >= 4 is 23.4 Å². The van der Waals surface area contributed by atoms with E-state index in [9.17, 15) is 19.5 Å². The number of likely N-dealkylation sites (tertiary alicyclic amines) is 1. The number of hydrogen-bond donors (Lipinski definition) is 3. The fourth-order valence-corrected chi connectivity index (χ4v) is 5.84. The van der Waals surface area contributed by atoms with Crippen LogP contribution in [0.5, 0.6) is 5.75 Å². The molecule has 172 valence electrons. The third-order valence-corrected chi connectivity index (χ3v) is 7.44. The molecule has 3 aliphatic rings. The number of carbonyl (C=O) groups excluding carboxylic acids is 3. The van der Waals surface area contributed by atoms with Crippen LogP contribution < -0.4 is 10.6 Å². The molecule has 3 amide bonds. The van der Waals surface area contributed by atoms with Crippen molar-refractivity contribution in [2.24, 2.45) is 11.8 Å². The highest BCUT2D eigenvalue weighted by Crippen LogP contribution is 2.54. The molecule has 4 atom stereocenters.